The normalized spacial score (nSPS) is 12.3. The van der Waals surface area contributed by atoms with Crippen molar-refractivity contribution in [2.75, 3.05) is 24.1 Å². The third-order valence-corrected chi connectivity index (χ3v) is 7.48. The number of nitrogens with one attached hydrogen (secondary N) is 2. The topological polar surface area (TPSA) is 123 Å². The Morgan fingerprint density at radius 2 is 1.34 bits per heavy atom. The zero-order valence-corrected chi connectivity index (χ0v) is 24.3. The van der Waals surface area contributed by atoms with Crippen molar-refractivity contribution in [1.29, 1.82) is 0 Å². The number of nitrogens with zero attached hydrogens (tertiary/aromatic N) is 1. The summed E-state index contributed by atoms with van der Waals surface area (Å²) >= 11 is 0. The second-order valence-electron chi connectivity index (χ2n) is 10.6. The van der Waals surface area contributed by atoms with Crippen molar-refractivity contribution in [3.63, 3.8) is 0 Å². The maximum absolute atomic E-state index is 11.8. The van der Waals surface area contributed by atoms with E-state index >= 15 is 0 Å². The average molecular weight is 589 g/mol. The van der Waals surface area contributed by atoms with Gasteiger partial charge in [-0.25, -0.2) is 0 Å². The molecular weight excluding hydrogens is 552 g/mol. The monoisotopic (exact) mass is 588 g/mol. The van der Waals surface area contributed by atoms with E-state index in [2.05, 4.69) is 47.0 Å². The van der Waals surface area contributed by atoms with Gasteiger partial charge in [0.1, 0.15) is 6.61 Å². The van der Waals surface area contributed by atoms with E-state index in [1.165, 1.54) is 11.6 Å². The highest BCUT2D eigenvalue weighted by atomic mass is 16.6. The number of ether oxygens (including phenoxy) is 1. The second kappa shape index (κ2) is 14.8. The summed E-state index contributed by atoms with van der Waals surface area (Å²) in [6.07, 6.45) is -0.950. The predicted molar refractivity (Wildman–Crippen MR) is 175 cm³/mol. The van der Waals surface area contributed by atoms with Crippen LogP contribution in [0.5, 0.6) is 5.75 Å². The van der Waals surface area contributed by atoms with Gasteiger partial charge in [0.25, 0.3) is 0 Å². The van der Waals surface area contributed by atoms with E-state index in [9.17, 15) is 15.2 Å². The van der Waals surface area contributed by atoms with Crippen LogP contribution in [0.3, 0.4) is 0 Å². The first-order chi connectivity index (χ1) is 21.5. The zero-order valence-electron chi connectivity index (χ0n) is 24.3. The van der Waals surface area contributed by atoms with E-state index in [1.54, 1.807) is 12.1 Å². The SMILES string of the molecule is Nc1ccc(C(CNC[C@H](O)c2ccc(OCc3ccccc3)c([N+](=O)[O-])c2)c2ccc(NCc3ccccc3)cc2)cc1. The van der Waals surface area contributed by atoms with E-state index in [0.29, 0.717) is 17.8 Å². The third kappa shape index (κ3) is 8.22. The third-order valence-electron chi connectivity index (χ3n) is 7.48. The molecule has 0 aliphatic rings. The Balaban J connectivity index is 1.23. The Bertz CT molecular complexity index is 1630. The standard InChI is InChI=1S/C36H36N4O4/c37-31-16-11-28(12-17-31)33(29-13-18-32(19-14-29)39-22-26-7-3-1-4-8-26)23-38-24-35(41)30-15-20-36(34(21-30)40(42)43)44-25-27-9-5-2-6-10-27/h1-21,33,35,38-39,41H,22-25,37H2/t33?,35-/m0/s1. The first kappa shape index (κ1) is 30.3. The lowest BCUT2D eigenvalue weighted by atomic mass is 9.90. The lowest BCUT2D eigenvalue weighted by Gasteiger charge is -2.21. The molecule has 2 atom stereocenters. The molecule has 0 heterocycles. The van der Waals surface area contributed by atoms with Crippen molar-refractivity contribution in [1.82, 2.24) is 5.32 Å². The molecule has 0 aromatic heterocycles. The van der Waals surface area contributed by atoms with Crippen molar-refractivity contribution in [3.8, 4) is 5.75 Å². The van der Waals surface area contributed by atoms with Crippen LogP contribution in [-0.2, 0) is 13.2 Å². The van der Waals surface area contributed by atoms with E-state index < -0.39 is 11.0 Å². The van der Waals surface area contributed by atoms with Crippen LogP contribution < -0.4 is 21.1 Å². The number of hydrogen-bond donors (Lipinski definition) is 4. The van der Waals surface area contributed by atoms with Crippen molar-refractivity contribution in [2.45, 2.75) is 25.2 Å². The molecule has 0 saturated heterocycles. The molecule has 5 aromatic carbocycles. The summed E-state index contributed by atoms with van der Waals surface area (Å²) in [7, 11) is 0. The van der Waals surface area contributed by atoms with E-state index in [4.69, 9.17) is 10.5 Å². The molecule has 8 nitrogen and oxygen atoms in total. The fraction of sp³-hybridized carbons (Fsp3) is 0.167. The van der Waals surface area contributed by atoms with E-state index in [1.807, 2.05) is 72.8 Å². The summed E-state index contributed by atoms with van der Waals surface area (Å²) in [5.41, 5.74) is 12.2. The van der Waals surface area contributed by atoms with Crippen LogP contribution in [0.2, 0.25) is 0 Å². The van der Waals surface area contributed by atoms with Gasteiger partial charge in [0.2, 0.25) is 0 Å². The average Bonchev–Trinajstić information content (AvgIpc) is 3.06. The van der Waals surface area contributed by atoms with Crippen LogP contribution in [-0.4, -0.2) is 23.1 Å². The second-order valence-corrected chi connectivity index (χ2v) is 10.6. The predicted octanol–water partition coefficient (Wildman–Crippen LogP) is 6.82. The molecule has 0 saturated carbocycles. The van der Waals surface area contributed by atoms with Gasteiger partial charge in [-0.15, -0.1) is 0 Å². The number of nitro benzene ring substituents is 1. The highest BCUT2D eigenvalue weighted by Crippen LogP contribution is 2.31. The van der Waals surface area contributed by atoms with Crippen molar-refractivity contribution in [3.05, 3.63) is 165 Å². The number of rotatable bonds is 14. The Hall–Kier alpha value is -5.18. The van der Waals surface area contributed by atoms with Gasteiger partial charge >= 0.3 is 5.69 Å². The van der Waals surface area contributed by atoms with Gasteiger partial charge in [-0.3, -0.25) is 10.1 Å². The summed E-state index contributed by atoms with van der Waals surface area (Å²) in [6, 6.07) is 40.4. The van der Waals surface area contributed by atoms with Gasteiger partial charge < -0.3 is 26.2 Å². The molecule has 0 spiro atoms. The van der Waals surface area contributed by atoms with Crippen LogP contribution in [0.4, 0.5) is 17.1 Å². The van der Waals surface area contributed by atoms with Crippen LogP contribution in [0.25, 0.3) is 0 Å². The molecule has 44 heavy (non-hydrogen) atoms. The number of aliphatic hydroxyl groups excluding tert-OH is 1. The molecule has 0 fully saturated rings. The molecule has 0 amide bonds. The van der Waals surface area contributed by atoms with Gasteiger partial charge in [-0.05, 0) is 58.1 Å². The fourth-order valence-corrected chi connectivity index (χ4v) is 5.01. The van der Waals surface area contributed by atoms with Crippen LogP contribution in [0.1, 0.15) is 39.8 Å². The Morgan fingerprint density at radius 1 is 0.750 bits per heavy atom. The van der Waals surface area contributed by atoms with Gasteiger partial charge in [-0.1, -0.05) is 91.0 Å². The largest absolute Gasteiger partial charge is 0.482 e. The maximum atomic E-state index is 11.8. The van der Waals surface area contributed by atoms with Gasteiger partial charge in [0.05, 0.1) is 11.0 Å². The molecule has 5 N–H and O–H groups in total. The highest BCUT2D eigenvalue weighted by Gasteiger charge is 2.20. The first-order valence-corrected chi connectivity index (χ1v) is 14.5. The van der Waals surface area contributed by atoms with Crippen LogP contribution in [0, 0.1) is 10.1 Å². The number of aliphatic hydroxyl groups is 1. The highest BCUT2D eigenvalue weighted by molar-refractivity contribution is 5.50. The van der Waals surface area contributed by atoms with E-state index in [0.717, 1.165) is 28.9 Å². The first-order valence-electron chi connectivity index (χ1n) is 14.5. The lowest BCUT2D eigenvalue weighted by molar-refractivity contribution is -0.386. The number of anilines is 2. The molecule has 0 bridgehead atoms. The summed E-state index contributed by atoms with van der Waals surface area (Å²) in [5.74, 6) is 0.155. The van der Waals surface area contributed by atoms with Crippen LogP contribution in [0.15, 0.2) is 127 Å². The molecule has 224 valence electrons. The number of nitrogen functional groups attached to an aromatic ring is 1. The maximum Gasteiger partial charge on any atom is 0.311 e. The molecule has 5 rings (SSSR count). The molecule has 0 radical (unpaired) electrons. The fourth-order valence-electron chi connectivity index (χ4n) is 5.01. The van der Waals surface area contributed by atoms with Crippen molar-refractivity contribution >= 4 is 17.1 Å². The minimum Gasteiger partial charge on any atom is -0.482 e. The Morgan fingerprint density at radius 3 is 1.98 bits per heavy atom. The molecular formula is C36H36N4O4. The molecule has 1 unspecified atom stereocenters. The lowest BCUT2D eigenvalue weighted by Crippen LogP contribution is -2.27. The van der Waals surface area contributed by atoms with Gasteiger partial charge in [-0.2, -0.15) is 0 Å². The van der Waals surface area contributed by atoms with Crippen molar-refractivity contribution in [2.24, 2.45) is 0 Å². The molecule has 0 aliphatic carbocycles. The minimum absolute atomic E-state index is 0.00549. The van der Waals surface area contributed by atoms with E-state index in [-0.39, 0.29) is 30.5 Å². The summed E-state index contributed by atoms with van der Waals surface area (Å²) < 4.78 is 5.73. The zero-order chi connectivity index (χ0) is 30.7. The number of benzene rings is 5. The molecule has 8 heteroatoms. The quantitative estimate of drug-likeness (QED) is 0.0638. The summed E-state index contributed by atoms with van der Waals surface area (Å²) in [5, 5.41) is 29.6. The number of nitro groups is 1. The summed E-state index contributed by atoms with van der Waals surface area (Å²) in [4.78, 5) is 11.3. The number of hydrogen-bond acceptors (Lipinski definition) is 7. The van der Waals surface area contributed by atoms with Gasteiger partial charge in [0, 0.05) is 43.0 Å². The Kier molecular flexibility index (Phi) is 10.2. The number of nitrogens with two attached hydrogens (primary N) is 1. The molecule has 0 aliphatic heterocycles. The van der Waals surface area contributed by atoms with Crippen molar-refractivity contribution < 1.29 is 14.8 Å². The smallest absolute Gasteiger partial charge is 0.311 e. The summed E-state index contributed by atoms with van der Waals surface area (Å²) in [6.45, 7) is 1.70. The molecule has 5 aromatic rings. The van der Waals surface area contributed by atoms with Gasteiger partial charge in [0.15, 0.2) is 5.75 Å². The van der Waals surface area contributed by atoms with Crippen LogP contribution >= 0.6 is 0 Å². The Labute approximate surface area is 257 Å². The minimum atomic E-state index is -0.950.